The van der Waals surface area contributed by atoms with Gasteiger partial charge >= 0.3 is 0 Å². The van der Waals surface area contributed by atoms with Gasteiger partial charge in [0.05, 0.1) is 17.9 Å². The third kappa shape index (κ3) is 2.17. The molecular formula is C16H13FN4O2. The first-order valence-electron chi connectivity index (χ1n) is 7.04. The van der Waals surface area contributed by atoms with Crippen LogP contribution in [0.3, 0.4) is 0 Å². The molecule has 23 heavy (non-hydrogen) atoms. The van der Waals surface area contributed by atoms with E-state index in [1.165, 1.54) is 12.4 Å². The van der Waals surface area contributed by atoms with Crippen molar-refractivity contribution in [2.75, 3.05) is 0 Å². The number of aromatic nitrogens is 4. The molecule has 0 aliphatic heterocycles. The second-order valence-electron chi connectivity index (χ2n) is 5.32. The minimum absolute atomic E-state index is 0.0252. The first-order chi connectivity index (χ1) is 11.1. The summed E-state index contributed by atoms with van der Waals surface area (Å²) >= 11 is 0. The highest BCUT2D eigenvalue weighted by molar-refractivity contribution is 5.82. The van der Waals surface area contributed by atoms with Gasteiger partial charge < -0.3 is 4.98 Å². The maximum absolute atomic E-state index is 14.4. The third-order valence-corrected chi connectivity index (χ3v) is 3.74. The lowest BCUT2D eigenvalue weighted by atomic mass is 10.2. The first-order valence-corrected chi connectivity index (χ1v) is 7.04. The molecule has 0 unspecified atom stereocenters. The fourth-order valence-electron chi connectivity index (χ4n) is 2.54. The van der Waals surface area contributed by atoms with Gasteiger partial charge in [0.25, 0.3) is 0 Å². The molecule has 0 amide bonds. The number of benzene rings is 1. The van der Waals surface area contributed by atoms with Gasteiger partial charge in [-0.15, -0.1) is 0 Å². The van der Waals surface area contributed by atoms with Gasteiger partial charge in [0, 0.05) is 22.2 Å². The SMILES string of the molecule is Cc1cc2c(F)c(OOc3cn4ncncc4c3C)ccc2[nH]1. The average Bonchev–Trinajstić information content (AvgIpc) is 3.08. The number of hydrogen-bond acceptors (Lipinski definition) is 4. The third-order valence-electron chi connectivity index (χ3n) is 3.74. The molecule has 3 aromatic heterocycles. The summed E-state index contributed by atoms with van der Waals surface area (Å²) in [4.78, 5) is 17.5. The topological polar surface area (TPSA) is 64.4 Å². The summed E-state index contributed by atoms with van der Waals surface area (Å²) in [7, 11) is 0. The van der Waals surface area contributed by atoms with Crippen LogP contribution in [0.15, 0.2) is 36.9 Å². The molecular weight excluding hydrogens is 299 g/mol. The monoisotopic (exact) mass is 312 g/mol. The van der Waals surface area contributed by atoms with E-state index in [1.807, 2.05) is 13.8 Å². The quantitative estimate of drug-likeness (QED) is 0.465. The minimum atomic E-state index is -0.465. The van der Waals surface area contributed by atoms with Crippen LogP contribution in [0.4, 0.5) is 4.39 Å². The van der Waals surface area contributed by atoms with Crippen molar-refractivity contribution in [3.63, 3.8) is 0 Å². The highest BCUT2D eigenvalue weighted by Crippen LogP contribution is 2.29. The Kier molecular flexibility index (Phi) is 2.94. The summed E-state index contributed by atoms with van der Waals surface area (Å²) in [5.74, 6) is 0.0144. The Bertz CT molecular complexity index is 1020. The van der Waals surface area contributed by atoms with Crippen molar-refractivity contribution < 1.29 is 14.2 Å². The van der Waals surface area contributed by atoms with Crippen LogP contribution in [0.25, 0.3) is 16.4 Å². The molecule has 4 rings (SSSR count). The van der Waals surface area contributed by atoms with Crippen molar-refractivity contribution in [2.24, 2.45) is 0 Å². The number of halogens is 1. The van der Waals surface area contributed by atoms with Crippen molar-refractivity contribution >= 4 is 16.4 Å². The maximum Gasteiger partial charge on any atom is 0.214 e. The van der Waals surface area contributed by atoms with Crippen LogP contribution in [0.1, 0.15) is 11.3 Å². The van der Waals surface area contributed by atoms with E-state index < -0.39 is 5.82 Å². The molecule has 0 fully saturated rings. The highest BCUT2D eigenvalue weighted by Gasteiger charge is 2.14. The van der Waals surface area contributed by atoms with Crippen LogP contribution >= 0.6 is 0 Å². The van der Waals surface area contributed by atoms with Crippen molar-refractivity contribution in [1.29, 1.82) is 0 Å². The van der Waals surface area contributed by atoms with E-state index in [-0.39, 0.29) is 5.75 Å². The van der Waals surface area contributed by atoms with Crippen molar-refractivity contribution in [2.45, 2.75) is 13.8 Å². The lowest BCUT2D eigenvalue weighted by molar-refractivity contribution is -0.103. The van der Waals surface area contributed by atoms with E-state index in [9.17, 15) is 4.39 Å². The zero-order valence-corrected chi connectivity index (χ0v) is 12.5. The van der Waals surface area contributed by atoms with Gasteiger partial charge in [-0.3, -0.25) is 9.78 Å². The second kappa shape index (κ2) is 4.98. The van der Waals surface area contributed by atoms with Crippen molar-refractivity contribution in [1.82, 2.24) is 19.6 Å². The van der Waals surface area contributed by atoms with Gasteiger partial charge in [-0.25, -0.2) is 13.9 Å². The van der Waals surface area contributed by atoms with Crippen LogP contribution in [0.5, 0.6) is 11.5 Å². The molecule has 7 heteroatoms. The molecule has 0 aliphatic carbocycles. The number of H-pyrrole nitrogens is 1. The Morgan fingerprint density at radius 3 is 2.83 bits per heavy atom. The molecule has 0 bridgehead atoms. The molecule has 0 radical (unpaired) electrons. The summed E-state index contributed by atoms with van der Waals surface area (Å²) in [5.41, 5.74) is 3.20. The smallest absolute Gasteiger partial charge is 0.214 e. The van der Waals surface area contributed by atoms with Crippen LogP contribution in [-0.4, -0.2) is 19.6 Å². The number of nitrogens with one attached hydrogen (secondary N) is 1. The van der Waals surface area contributed by atoms with E-state index in [1.54, 1.807) is 29.0 Å². The normalized spacial score (nSPS) is 11.3. The highest BCUT2D eigenvalue weighted by atomic mass is 19.1. The Labute approximate surface area is 130 Å². The molecule has 3 heterocycles. The maximum atomic E-state index is 14.4. The number of nitrogens with zero attached hydrogens (tertiary/aromatic N) is 3. The van der Waals surface area contributed by atoms with Crippen molar-refractivity contribution in [3.8, 4) is 11.5 Å². The van der Waals surface area contributed by atoms with Gasteiger partial charge in [-0.2, -0.15) is 5.10 Å². The number of aromatic amines is 1. The molecule has 116 valence electrons. The first kappa shape index (κ1) is 13.6. The van der Waals surface area contributed by atoms with E-state index >= 15 is 0 Å². The molecule has 1 aromatic carbocycles. The number of fused-ring (bicyclic) bond motifs is 2. The summed E-state index contributed by atoms with van der Waals surface area (Å²) in [6.07, 6.45) is 4.76. The standard InChI is InChI=1S/C16H13FN4O2/c1-9-5-11-12(20-9)3-4-14(16(11)17)22-23-15-7-21-13(10(15)2)6-18-8-19-21/h3-8,20H,1-2H3. The van der Waals surface area contributed by atoms with Crippen LogP contribution < -0.4 is 9.78 Å². The molecule has 4 aromatic rings. The summed E-state index contributed by atoms with van der Waals surface area (Å²) in [6, 6.07) is 5.00. The van der Waals surface area contributed by atoms with Gasteiger partial charge in [0.1, 0.15) is 6.33 Å². The summed E-state index contributed by atoms with van der Waals surface area (Å²) < 4.78 is 16.1. The molecule has 6 nitrogen and oxygen atoms in total. The second-order valence-corrected chi connectivity index (χ2v) is 5.32. The molecule has 0 saturated carbocycles. The predicted molar refractivity (Wildman–Crippen MR) is 82.0 cm³/mol. The number of hydrogen-bond donors (Lipinski definition) is 1. The Morgan fingerprint density at radius 2 is 2.00 bits per heavy atom. The molecule has 0 aliphatic rings. The average molecular weight is 312 g/mol. The van der Waals surface area contributed by atoms with E-state index in [0.717, 1.165) is 16.8 Å². The van der Waals surface area contributed by atoms with Crippen LogP contribution in [0.2, 0.25) is 0 Å². The van der Waals surface area contributed by atoms with Gasteiger partial charge in [-0.05, 0) is 32.0 Å². The molecule has 1 N–H and O–H groups in total. The Morgan fingerprint density at radius 1 is 1.17 bits per heavy atom. The lowest BCUT2D eigenvalue weighted by Gasteiger charge is -2.06. The van der Waals surface area contributed by atoms with E-state index in [0.29, 0.717) is 16.7 Å². The van der Waals surface area contributed by atoms with Crippen molar-refractivity contribution in [3.05, 3.63) is 54.0 Å². The summed E-state index contributed by atoms with van der Waals surface area (Å²) in [6.45, 7) is 3.72. The van der Waals surface area contributed by atoms with Gasteiger partial charge in [-0.1, -0.05) is 0 Å². The fourth-order valence-corrected chi connectivity index (χ4v) is 2.54. The zero-order valence-electron chi connectivity index (χ0n) is 12.5. The van der Waals surface area contributed by atoms with Crippen LogP contribution in [-0.2, 0) is 0 Å². The minimum Gasteiger partial charge on any atom is -0.359 e. The predicted octanol–water partition coefficient (Wildman–Crippen LogP) is 3.34. The number of rotatable bonds is 3. The molecule has 0 spiro atoms. The van der Waals surface area contributed by atoms with E-state index in [4.69, 9.17) is 9.78 Å². The number of aryl methyl sites for hydroxylation is 2. The summed E-state index contributed by atoms with van der Waals surface area (Å²) in [5, 5.41) is 4.54. The zero-order chi connectivity index (χ0) is 16.0. The van der Waals surface area contributed by atoms with E-state index in [2.05, 4.69) is 15.1 Å². The molecule has 0 saturated heterocycles. The Balaban J connectivity index is 1.65. The van der Waals surface area contributed by atoms with Gasteiger partial charge in [0.2, 0.25) is 11.5 Å². The van der Waals surface area contributed by atoms with Crippen LogP contribution in [0, 0.1) is 19.7 Å². The fraction of sp³-hybridized carbons (Fsp3) is 0.125. The van der Waals surface area contributed by atoms with Gasteiger partial charge in [0.15, 0.2) is 5.82 Å². The lowest BCUT2D eigenvalue weighted by Crippen LogP contribution is -2.02. The largest absolute Gasteiger partial charge is 0.359 e. The Hall–Kier alpha value is -3.09. The molecule has 0 atom stereocenters.